The summed E-state index contributed by atoms with van der Waals surface area (Å²) < 4.78 is 16.1. The second-order valence-electron chi connectivity index (χ2n) is 6.01. The monoisotopic (exact) mass is 373 g/mol. The Morgan fingerprint density at radius 1 is 1.12 bits per heavy atom. The molecule has 0 spiro atoms. The Balaban J connectivity index is 1.75. The van der Waals surface area contributed by atoms with E-state index in [1.165, 1.54) is 0 Å². The summed E-state index contributed by atoms with van der Waals surface area (Å²) in [4.78, 5) is 14.3. The lowest BCUT2D eigenvalue weighted by molar-refractivity contribution is -0.129. The number of nitrogens with zero attached hydrogens (tertiary/aromatic N) is 1. The van der Waals surface area contributed by atoms with Crippen LogP contribution in [0.2, 0.25) is 5.02 Å². The highest BCUT2D eigenvalue weighted by Crippen LogP contribution is 2.27. The average molecular weight is 374 g/mol. The van der Waals surface area contributed by atoms with Crippen LogP contribution < -0.4 is 9.47 Å². The number of carbonyl (C=O) groups excluding carboxylic acids is 1. The highest BCUT2D eigenvalue weighted by Gasteiger charge is 2.16. The maximum atomic E-state index is 12.7. The molecule has 0 saturated heterocycles. The average Bonchev–Trinajstić information content (AvgIpc) is 3.03. The topological polar surface area (TPSA) is 51.9 Å². The Morgan fingerprint density at radius 3 is 2.65 bits per heavy atom. The van der Waals surface area contributed by atoms with Gasteiger partial charge in [-0.3, -0.25) is 4.79 Å². The third-order valence-corrected chi connectivity index (χ3v) is 4.52. The quantitative estimate of drug-likeness (QED) is 0.646. The minimum absolute atomic E-state index is 0.0226. The van der Waals surface area contributed by atoms with E-state index in [4.69, 9.17) is 25.5 Å². The van der Waals surface area contributed by atoms with E-state index >= 15 is 0 Å². The number of carbonyl (C=O) groups is 1. The number of methoxy groups -OCH3 is 2. The molecule has 3 rings (SSSR count). The van der Waals surface area contributed by atoms with Gasteiger partial charge in [0, 0.05) is 41.2 Å². The fourth-order valence-electron chi connectivity index (χ4n) is 2.84. The molecule has 0 aliphatic rings. The van der Waals surface area contributed by atoms with E-state index in [2.05, 4.69) is 0 Å². The largest absolute Gasteiger partial charge is 0.497 e. The lowest BCUT2D eigenvalue weighted by atomic mass is 10.1. The second kappa shape index (κ2) is 7.70. The maximum absolute atomic E-state index is 12.7. The van der Waals surface area contributed by atoms with Crippen LogP contribution in [0.3, 0.4) is 0 Å². The van der Waals surface area contributed by atoms with Gasteiger partial charge in [0.25, 0.3) is 0 Å². The summed E-state index contributed by atoms with van der Waals surface area (Å²) >= 11 is 6.06. The molecular formula is C20H20ClNO4. The highest BCUT2D eigenvalue weighted by molar-refractivity contribution is 6.30. The van der Waals surface area contributed by atoms with Crippen molar-refractivity contribution in [3.63, 3.8) is 0 Å². The molecule has 2 aromatic carbocycles. The van der Waals surface area contributed by atoms with E-state index in [1.54, 1.807) is 44.6 Å². The van der Waals surface area contributed by atoms with E-state index in [0.717, 1.165) is 22.3 Å². The third kappa shape index (κ3) is 3.78. The van der Waals surface area contributed by atoms with Gasteiger partial charge in [-0.25, -0.2) is 0 Å². The fourth-order valence-corrected chi connectivity index (χ4v) is 3.03. The first-order valence-corrected chi connectivity index (χ1v) is 8.50. The maximum Gasteiger partial charge on any atom is 0.227 e. The first kappa shape index (κ1) is 18.1. The van der Waals surface area contributed by atoms with Crippen molar-refractivity contribution in [1.82, 2.24) is 4.90 Å². The number of ether oxygens (including phenoxy) is 2. The summed E-state index contributed by atoms with van der Waals surface area (Å²) in [5, 5.41) is 1.52. The molecule has 1 amide bonds. The van der Waals surface area contributed by atoms with Crippen LogP contribution in [0.1, 0.15) is 11.1 Å². The number of amides is 1. The summed E-state index contributed by atoms with van der Waals surface area (Å²) in [5.41, 5.74) is 2.40. The van der Waals surface area contributed by atoms with Gasteiger partial charge in [0.15, 0.2) is 0 Å². The van der Waals surface area contributed by atoms with Crippen molar-refractivity contribution in [3.05, 3.63) is 58.8 Å². The molecule has 26 heavy (non-hydrogen) atoms. The molecule has 0 fully saturated rings. The van der Waals surface area contributed by atoms with Crippen LogP contribution >= 0.6 is 11.6 Å². The molecule has 3 aromatic rings. The molecule has 0 N–H and O–H groups in total. The standard InChI is InChI=1S/C20H20ClNO4/c1-22(11-13-8-15(21)4-7-18(13)25-3)20(23)9-14-12-26-19-10-16(24-2)5-6-17(14)19/h4-8,10,12H,9,11H2,1-3H3. The van der Waals surface area contributed by atoms with Crippen molar-refractivity contribution in [1.29, 1.82) is 0 Å². The second-order valence-corrected chi connectivity index (χ2v) is 6.44. The first-order chi connectivity index (χ1) is 12.5. The molecular weight excluding hydrogens is 354 g/mol. The molecule has 0 aliphatic heterocycles. The Labute approximate surface area is 157 Å². The van der Waals surface area contributed by atoms with Crippen LogP contribution in [0.15, 0.2) is 47.1 Å². The molecule has 0 aliphatic carbocycles. The van der Waals surface area contributed by atoms with Crippen molar-refractivity contribution in [2.24, 2.45) is 0 Å². The van der Waals surface area contributed by atoms with Gasteiger partial charge >= 0.3 is 0 Å². The number of benzene rings is 2. The van der Waals surface area contributed by atoms with Crippen LogP contribution in [0.5, 0.6) is 11.5 Å². The van der Waals surface area contributed by atoms with E-state index in [9.17, 15) is 4.79 Å². The zero-order chi connectivity index (χ0) is 18.7. The van der Waals surface area contributed by atoms with Crippen LogP contribution in [0.4, 0.5) is 0 Å². The Bertz CT molecular complexity index is 935. The predicted molar refractivity (Wildman–Crippen MR) is 101 cm³/mol. The Hall–Kier alpha value is -2.66. The number of halogens is 1. The minimum atomic E-state index is -0.0226. The number of likely N-dealkylation sites (N-methyl/N-ethyl adjacent to an activating group) is 1. The van der Waals surface area contributed by atoms with E-state index in [0.29, 0.717) is 22.9 Å². The third-order valence-electron chi connectivity index (χ3n) is 4.28. The van der Waals surface area contributed by atoms with Gasteiger partial charge in [-0.15, -0.1) is 0 Å². The summed E-state index contributed by atoms with van der Waals surface area (Å²) in [6.07, 6.45) is 1.87. The first-order valence-electron chi connectivity index (χ1n) is 8.12. The van der Waals surface area contributed by atoms with Gasteiger partial charge in [-0.2, -0.15) is 0 Å². The molecule has 5 nitrogen and oxygen atoms in total. The number of hydrogen-bond acceptors (Lipinski definition) is 4. The lowest BCUT2D eigenvalue weighted by Gasteiger charge is -2.19. The number of hydrogen-bond donors (Lipinski definition) is 0. The number of furan rings is 1. The van der Waals surface area contributed by atoms with E-state index in [-0.39, 0.29) is 12.3 Å². The fraction of sp³-hybridized carbons (Fsp3) is 0.250. The van der Waals surface area contributed by atoms with Crippen molar-refractivity contribution in [2.45, 2.75) is 13.0 Å². The van der Waals surface area contributed by atoms with E-state index < -0.39 is 0 Å². The Kier molecular flexibility index (Phi) is 5.38. The number of fused-ring (bicyclic) bond motifs is 1. The summed E-state index contributed by atoms with van der Waals surface area (Å²) in [7, 11) is 4.96. The summed E-state index contributed by atoms with van der Waals surface area (Å²) in [6, 6.07) is 10.9. The Morgan fingerprint density at radius 2 is 1.92 bits per heavy atom. The highest BCUT2D eigenvalue weighted by atomic mass is 35.5. The van der Waals surface area contributed by atoms with Crippen LogP contribution in [-0.2, 0) is 17.8 Å². The normalized spacial score (nSPS) is 10.8. The van der Waals surface area contributed by atoms with Gasteiger partial charge in [0.1, 0.15) is 17.1 Å². The van der Waals surface area contributed by atoms with Gasteiger partial charge in [0.05, 0.1) is 26.9 Å². The molecule has 0 atom stereocenters. The zero-order valence-corrected chi connectivity index (χ0v) is 15.7. The predicted octanol–water partition coefficient (Wildman–Crippen LogP) is 4.30. The molecule has 0 unspecified atom stereocenters. The minimum Gasteiger partial charge on any atom is -0.497 e. The lowest BCUT2D eigenvalue weighted by Crippen LogP contribution is -2.27. The van der Waals surface area contributed by atoms with Gasteiger partial charge < -0.3 is 18.8 Å². The number of rotatable bonds is 6. The SMILES string of the molecule is COc1ccc2c(CC(=O)N(C)Cc3cc(Cl)ccc3OC)coc2c1. The van der Waals surface area contributed by atoms with Gasteiger partial charge in [0.2, 0.25) is 5.91 Å². The molecule has 0 saturated carbocycles. The van der Waals surface area contributed by atoms with Crippen molar-refractivity contribution < 1.29 is 18.7 Å². The molecule has 1 aromatic heterocycles. The van der Waals surface area contributed by atoms with Crippen molar-refractivity contribution in [3.8, 4) is 11.5 Å². The van der Waals surface area contributed by atoms with Gasteiger partial charge in [-0.05, 0) is 30.3 Å². The molecule has 0 bridgehead atoms. The van der Waals surface area contributed by atoms with Crippen LogP contribution in [0.25, 0.3) is 11.0 Å². The molecule has 6 heteroatoms. The van der Waals surface area contributed by atoms with Crippen molar-refractivity contribution in [2.75, 3.05) is 21.3 Å². The van der Waals surface area contributed by atoms with Crippen LogP contribution in [-0.4, -0.2) is 32.1 Å². The molecule has 0 radical (unpaired) electrons. The smallest absolute Gasteiger partial charge is 0.227 e. The van der Waals surface area contributed by atoms with Crippen LogP contribution in [0, 0.1) is 0 Å². The molecule has 136 valence electrons. The zero-order valence-electron chi connectivity index (χ0n) is 14.9. The summed E-state index contributed by atoms with van der Waals surface area (Å²) in [5.74, 6) is 1.40. The molecule has 1 heterocycles. The summed E-state index contributed by atoms with van der Waals surface area (Å²) in [6.45, 7) is 0.409. The van der Waals surface area contributed by atoms with E-state index in [1.807, 2.05) is 24.3 Å². The van der Waals surface area contributed by atoms with Crippen molar-refractivity contribution >= 4 is 28.5 Å². The van der Waals surface area contributed by atoms with Gasteiger partial charge in [-0.1, -0.05) is 11.6 Å².